The highest BCUT2D eigenvalue weighted by Crippen LogP contribution is 2.28. The van der Waals surface area contributed by atoms with Crippen molar-refractivity contribution in [2.24, 2.45) is 5.92 Å². The summed E-state index contributed by atoms with van der Waals surface area (Å²) < 4.78 is 0. The summed E-state index contributed by atoms with van der Waals surface area (Å²) >= 11 is 0. The molecule has 1 heterocycles. The summed E-state index contributed by atoms with van der Waals surface area (Å²) in [4.78, 5) is 11.2. The van der Waals surface area contributed by atoms with Crippen LogP contribution >= 0.6 is 0 Å². The van der Waals surface area contributed by atoms with Gasteiger partial charge in [0.1, 0.15) is 0 Å². The second-order valence-electron chi connectivity index (χ2n) is 3.87. The summed E-state index contributed by atoms with van der Waals surface area (Å²) in [6.45, 7) is 3.80. The first kappa shape index (κ1) is 8.97. The molecule has 0 aromatic heterocycles. The maximum Gasteiger partial charge on any atom is 0.223 e. The highest BCUT2D eigenvalue weighted by Gasteiger charge is 2.29. The lowest BCUT2D eigenvalue weighted by atomic mass is 10.2. The molecule has 3 N–H and O–H groups in total. The molecule has 0 unspecified atom stereocenters. The summed E-state index contributed by atoms with van der Waals surface area (Å²) in [5, 5.41) is 9.47. The van der Waals surface area contributed by atoms with Crippen molar-refractivity contribution in [1.82, 2.24) is 16.0 Å². The van der Waals surface area contributed by atoms with Gasteiger partial charge in [-0.3, -0.25) is 4.79 Å². The quantitative estimate of drug-likeness (QED) is 0.483. The minimum absolute atomic E-state index is 0.244. The summed E-state index contributed by atoms with van der Waals surface area (Å²) in [5.41, 5.74) is 0. The van der Waals surface area contributed by atoms with E-state index in [0.717, 1.165) is 39.0 Å². The first-order chi connectivity index (χ1) is 6.36. The van der Waals surface area contributed by atoms with Gasteiger partial charge in [0.05, 0.1) is 0 Å². The van der Waals surface area contributed by atoms with Gasteiger partial charge in [-0.2, -0.15) is 0 Å². The van der Waals surface area contributed by atoms with Gasteiger partial charge in [0.2, 0.25) is 5.91 Å². The van der Waals surface area contributed by atoms with Crippen molar-refractivity contribution in [3.63, 3.8) is 0 Å². The van der Waals surface area contributed by atoms with E-state index in [4.69, 9.17) is 0 Å². The normalized spacial score (nSPS) is 22.5. The minimum atomic E-state index is 0.244. The van der Waals surface area contributed by atoms with Gasteiger partial charge in [-0.15, -0.1) is 0 Å². The molecule has 0 atom stereocenters. The number of hydrogen-bond acceptors (Lipinski definition) is 3. The highest BCUT2D eigenvalue weighted by atomic mass is 16.2. The summed E-state index contributed by atoms with van der Waals surface area (Å²) in [7, 11) is 0. The van der Waals surface area contributed by atoms with E-state index in [9.17, 15) is 4.79 Å². The summed E-state index contributed by atoms with van der Waals surface area (Å²) in [6.07, 6.45) is 2.18. The molecular formula is C9H17N3O. The number of nitrogens with one attached hydrogen (secondary N) is 3. The first-order valence-corrected chi connectivity index (χ1v) is 5.08. The molecule has 1 saturated carbocycles. The third-order valence-corrected chi connectivity index (χ3v) is 2.59. The van der Waals surface area contributed by atoms with Gasteiger partial charge in [-0.25, -0.2) is 0 Å². The van der Waals surface area contributed by atoms with E-state index in [1.54, 1.807) is 0 Å². The fourth-order valence-electron chi connectivity index (χ4n) is 1.38. The van der Waals surface area contributed by atoms with Crippen LogP contribution in [0, 0.1) is 5.92 Å². The largest absolute Gasteiger partial charge is 0.355 e. The van der Waals surface area contributed by atoms with Gasteiger partial charge < -0.3 is 16.0 Å². The second kappa shape index (κ2) is 4.07. The molecule has 0 spiro atoms. The van der Waals surface area contributed by atoms with Crippen molar-refractivity contribution in [1.29, 1.82) is 0 Å². The average molecular weight is 183 g/mol. The van der Waals surface area contributed by atoms with E-state index < -0.39 is 0 Å². The van der Waals surface area contributed by atoms with E-state index in [2.05, 4.69) is 16.0 Å². The third kappa shape index (κ3) is 2.67. The monoisotopic (exact) mass is 183 g/mol. The van der Waals surface area contributed by atoms with E-state index in [1.165, 1.54) is 0 Å². The Bertz CT molecular complexity index is 187. The van der Waals surface area contributed by atoms with Crippen LogP contribution in [0.1, 0.15) is 12.8 Å². The minimum Gasteiger partial charge on any atom is -0.355 e. The SMILES string of the molecule is O=C(NCCNC1CNC1)C1CC1. The number of hydrogen-bond donors (Lipinski definition) is 3. The van der Waals surface area contributed by atoms with Crippen molar-refractivity contribution in [2.45, 2.75) is 18.9 Å². The Hall–Kier alpha value is -0.610. The van der Waals surface area contributed by atoms with Gasteiger partial charge in [-0.05, 0) is 12.8 Å². The first-order valence-electron chi connectivity index (χ1n) is 5.08. The Balaban J connectivity index is 1.45. The highest BCUT2D eigenvalue weighted by molar-refractivity contribution is 5.80. The molecule has 13 heavy (non-hydrogen) atoms. The topological polar surface area (TPSA) is 53.2 Å². The molecule has 4 nitrogen and oxygen atoms in total. The molecular weight excluding hydrogens is 166 g/mol. The fraction of sp³-hybridized carbons (Fsp3) is 0.889. The molecule has 4 heteroatoms. The maximum atomic E-state index is 11.2. The van der Waals surface area contributed by atoms with Crippen molar-refractivity contribution < 1.29 is 4.79 Å². The van der Waals surface area contributed by atoms with Crippen LogP contribution in [0.15, 0.2) is 0 Å². The van der Waals surface area contributed by atoms with Crippen LogP contribution in [-0.4, -0.2) is 38.1 Å². The Kier molecular flexibility index (Phi) is 2.80. The molecule has 1 amide bonds. The van der Waals surface area contributed by atoms with Gasteiger partial charge in [0.15, 0.2) is 0 Å². The van der Waals surface area contributed by atoms with E-state index >= 15 is 0 Å². The lowest BCUT2D eigenvalue weighted by Crippen LogP contribution is -2.56. The van der Waals surface area contributed by atoms with Gasteiger partial charge >= 0.3 is 0 Å². The standard InChI is InChI=1S/C9H17N3O/c13-9(7-1-2-7)12-4-3-11-8-5-10-6-8/h7-8,10-11H,1-6H2,(H,12,13). The molecule has 1 saturated heterocycles. The molecule has 74 valence electrons. The molecule has 1 aliphatic carbocycles. The number of rotatable bonds is 5. The van der Waals surface area contributed by atoms with E-state index in [0.29, 0.717) is 12.0 Å². The number of carbonyl (C=O) groups excluding carboxylic acids is 1. The fourth-order valence-corrected chi connectivity index (χ4v) is 1.38. The van der Waals surface area contributed by atoms with Crippen molar-refractivity contribution in [3.8, 4) is 0 Å². The van der Waals surface area contributed by atoms with Crippen LogP contribution in [0.25, 0.3) is 0 Å². The molecule has 0 aromatic rings. The molecule has 2 fully saturated rings. The second-order valence-corrected chi connectivity index (χ2v) is 3.87. The van der Waals surface area contributed by atoms with Crippen LogP contribution in [0.3, 0.4) is 0 Å². The zero-order chi connectivity index (χ0) is 9.10. The van der Waals surface area contributed by atoms with Crippen LogP contribution in [0.5, 0.6) is 0 Å². The zero-order valence-electron chi connectivity index (χ0n) is 7.81. The predicted molar refractivity (Wildman–Crippen MR) is 50.4 cm³/mol. The Labute approximate surface area is 78.5 Å². The molecule has 2 aliphatic rings. The zero-order valence-corrected chi connectivity index (χ0v) is 7.81. The van der Waals surface area contributed by atoms with Crippen LogP contribution < -0.4 is 16.0 Å². The smallest absolute Gasteiger partial charge is 0.223 e. The van der Waals surface area contributed by atoms with Gasteiger partial charge in [0.25, 0.3) is 0 Å². The maximum absolute atomic E-state index is 11.2. The molecule has 0 aromatic carbocycles. The summed E-state index contributed by atoms with van der Waals surface area (Å²) in [5.74, 6) is 0.582. The van der Waals surface area contributed by atoms with Crippen molar-refractivity contribution >= 4 is 5.91 Å². The Morgan fingerprint density at radius 2 is 2.08 bits per heavy atom. The molecule has 1 aliphatic heterocycles. The van der Waals surface area contributed by atoms with E-state index in [-0.39, 0.29) is 5.91 Å². The van der Waals surface area contributed by atoms with Crippen LogP contribution in [0.2, 0.25) is 0 Å². The number of amides is 1. The Morgan fingerprint density at radius 3 is 2.62 bits per heavy atom. The van der Waals surface area contributed by atoms with Gasteiger partial charge in [0, 0.05) is 38.1 Å². The van der Waals surface area contributed by atoms with Crippen molar-refractivity contribution in [3.05, 3.63) is 0 Å². The van der Waals surface area contributed by atoms with Crippen LogP contribution in [0.4, 0.5) is 0 Å². The van der Waals surface area contributed by atoms with E-state index in [1.807, 2.05) is 0 Å². The lowest BCUT2D eigenvalue weighted by Gasteiger charge is -2.28. The Morgan fingerprint density at radius 1 is 1.31 bits per heavy atom. The number of carbonyl (C=O) groups is 1. The molecule has 0 radical (unpaired) electrons. The average Bonchev–Trinajstić information content (AvgIpc) is 2.82. The van der Waals surface area contributed by atoms with Gasteiger partial charge in [-0.1, -0.05) is 0 Å². The van der Waals surface area contributed by atoms with Crippen LogP contribution in [-0.2, 0) is 4.79 Å². The summed E-state index contributed by atoms with van der Waals surface area (Å²) in [6, 6.07) is 0.623. The molecule has 2 rings (SSSR count). The van der Waals surface area contributed by atoms with Crippen molar-refractivity contribution in [2.75, 3.05) is 26.2 Å². The molecule has 0 bridgehead atoms. The third-order valence-electron chi connectivity index (χ3n) is 2.59. The predicted octanol–water partition coefficient (Wildman–Crippen LogP) is -0.926. The lowest BCUT2D eigenvalue weighted by molar-refractivity contribution is -0.122.